The molecule has 6 nitrogen and oxygen atoms in total. The Morgan fingerprint density at radius 1 is 1.37 bits per heavy atom. The minimum absolute atomic E-state index is 0.628. The normalized spacial score (nSPS) is 21.9. The van der Waals surface area contributed by atoms with E-state index < -0.39 is 0 Å². The lowest BCUT2D eigenvalue weighted by atomic mass is 10.2. The fourth-order valence-corrected chi connectivity index (χ4v) is 2.52. The van der Waals surface area contributed by atoms with Crippen LogP contribution in [0.5, 0.6) is 0 Å². The molecule has 0 aromatic carbocycles. The van der Waals surface area contributed by atoms with Gasteiger partial charge in [0.05, 0.1) is 12.2 Å². The van der Waals surface area contributed by atoms with Gasteiger partial charge in [0, 0.05) is 45.0 Å². The third-order valence-electron chi connectivity index (χ3n) is 3.73. The zero-order valence-corrected chi connectivity index (χ0v) is 12.3. The molecule has 0 aliphatic carbocycles. The van der Waals surface area contributed by atoms with Crippen molar-refractivity contribution in [2.45, 2.75) is 33.0 Å². The lowest BCUT2D eigenvalue weighted by molar-refractivity contribution is 0.0957. The summed E-state index contributed by atoms with van der Waals surface area (Å²) >= 11 is 0. The van der Waals surface area contributed by atoms with Gasteiger partial charge in [-0.15, -0.1) is 5.10 Å². The molecule has 2 rings (SSSR count). The standard InChI is InChI=1S/C13H26N6/c1-4-14-9-13-11-19(16-15-13)8-7-18-6-5-17(3)10-12(18)2/h11-12,14H,4-10H2,1-3H3. The Balaban J connectivity index is 1.77. The second kappa shape index (κ2) is 6.98. The number of likely N-dealkylation sites (N-methyl/N-ethyl adjacent to an activating group) is 1. The Labute approximate surface area is 115 Å². The smallest absolute Gasteiger partial charge is 0.0964 e. The molecule has 0 radical (unpaired) electrons. The van der Waals surface area contributed by atoms with Gasteiger partial charge in [0.15, 0.2) is 0 Å². The van der Waals surface area contributed by atoms with Crippen LogP contribution in [0.25, 0.3) is 0 Å². The predicted molar refractivity (Wildman–Crippen MR) is 75.9 cm³/mol. The van der Waals surface area contributed by atoms with E-state index in [1.807, 2.05) is 10.9 Å². The lowest BCUT2D eigenvalue weighted by Gasteiger charge is -2.38. The molecule has 1 atom stereocenters. The molecule has 1 saturated heterocycles. The van der Waals surface area contributed by atoms with Crippen molar-refractivity contribution in [3.05, 3.63) is 11.9 Å². The van der Waals surface area contributed by atoms with Gasteiger partial charge in [-0.3, -0.25) is 9.58 Å². The molecule has 0 spiro atoms. The van der Waals surface area contributed by atoms with Crippen LogP contribution in [0.1, 0.15) is 19.5 Å². The summed E-state index contributed by atoms with van der Waals surface area (Å²) in [6.07, 6.45) is 2.05. The summed E-state index contributed by atoms with van der Waals surface area (Å²) in [6.45, 7) is 11.6. The van der Waals surface area contributed by atoms with Crippen LogP contribution in [0.4, 0.5) is 0 Å². The van der Waals surface area contributed by atoms with E-state index in [1.165, 1.54) is 0 Å². The van der Waals surface area contributed by atoms with Crippen LogP contribution in [-0.2, 0) is 13.1 Å². The Hall–Kier alpha value is -0.980. The summed E-state index contributed by atoms with van der Waals surface area (Å²) in [5.41, 5.74) is 1.02. The molecule has 0 amide bonds. The fraction of sp³-hybridized carbons (Fsp3) is 0.846. The van der Waals surface area contributed by atoms with E-state index in [0.29, 0.717) is 6.04 Å². The highest BCUT2D eigenvalue weighted by molar-refractivity contribution is 4.91. The van der Waals surface area contributed by atoms with Crippen molar-refractivity contribution in [1.82, 2.24) is 30.1 Å². The number of hydrogen-bond donors (Lipinski definition) is 1. The first-order chi connectivity index (χ1) is 9.19. The molecule has 1 unspecified atom stereocenters. The van der Waals surface area contributed by atoms with Crippen LogP contribution >= 0.6 is 0 Å². The van der Waals surface area contributed by atoms with Crippen LogP contribution in [-0.4, -0.2) is 70.6 Å². The molecular weight excluding hydrogens is 240 g/mol. The number of nitrogens with one attached hydrogen (secondary N) is 1. The van der Waals surface area contributed by atoms with Gasteiger partial charge in [-0.25, -0.2) is 0 Å². The molecule has 0 bridgehead atoms. The third kappa shape index (κ3) is 4.26. The zero-order valence-electron chi connectivity index (χ0n) is 12.3. The van der Waals surface area contributed by atoms with Gasteiger partial charge in [0.25, 0.3) is 0 Å². The van der Waals surface area contributed by atoms with Crippen molar-refractivity contribution >= 4 is 0 Å². The van der Waals surface area contributed by atoms with Crippen LogP contribution < -0.4 is 5.32 Å². The maximum atomic E-state index is 4.18. The van der Waals surface area contributed by atoms with Gasteiger partial charge in [0.2, 0.25) is 0 Å². The largest absolute Gasteiger partial charge is 0.311 e. The minimum Gasteiger partial charge on any atom is -0.311 e. The molecular formula is C13H26N6. The predicted octanol–water partition coefficient (Wildman–Crippen LogP) is 0.0235. The van der Waals surface area contributed by atoms with Crippen molar-refractivity contribution < 1.29 is 0 Å². The van der Waals surface area contributed by atoms with Crippen molar-refractivity contribution in [3.8, 4) is 0 Å². The fourth-order valence-electron chi connectivity index (χ4n) is 2.52. The number of piperazine rings is 1. The second-order valence-corrected chi connectivity index (χ2v) is 5.40. The van der Waals surface area contributed by atoms with Crippen molar-refractivity contribution in [2.24, 2.45) is 0 Å². The lowest BCUT2D eigenvalue weighted by Crippen LogP contribution is -2.51. The quantitative estimate of drug-likeness (QED) is 0.787. The Bertz CT molecular complexity index is 377. The molecule has 19 heavy (non-hydrogen) atoms. The summed E-state index contributed by atoms with van der Waals surface area (Å²) in [4.78, 5) is 4.93. The van der Waals surface area contributed by atoms with E-state index in [-0.39, 0.29) is 0 Å². The van der Waals surface area contributed by atoms with E-state index in [1.54, 1.807) is 0 Å². The Morgan fingerprint density at radius 2 is 2.21 bits per heavy atom. The van der Waals surface area contributed by atoms with E-state index in [0.717, 1.165) is 51.5 Å². The molecule has 1 fully saturated rings. The first-order valence-electron chi connectivity index (χ1n) is 7.21. The molecule has 1 aromatic rings. The van der Waals surface area contributed by atoms with Crippen molar-refractivity contribution in [2.75, 3.05) is 39.8 Å². The highest BCUT2D eigenvalue weighted by Gasteiger charge is 2.20. The van der Waals surface area contributed by atoms with E-state index in [9.17, 15) is 0 Å². The van der Waals surface area contributed by atoms with E-state index in [2.05, 4.69) is 46.3 Å². The summed E-state index contributed by atoms with van der Waals surface area (Å²) < 4.78 is 1.96. The van der Waals surface area contributed by atoms with Crippen molar-refractivity contribution in [3.63, 3.8) is 0 Å². The van der Waals surface area contributed by atoms with Gasteiger partial charge < -0.3 is 10.2 Å². The van der Waals surface area contributed by atoms with Crippen LogP contribution in [0, 0.1) is 0 Å². The number of nitrogens with zero attached hydrogens (tertiary/aromatic N) is 5. The average molecular weight is 266 g/mol. The third-order valence-corrected chi connectivity index (χ3v) is 3.73. The monoisotopic (exact) mass is 266 g/mol. The van der Waals surface area contributed by atoms with Gasteiger partial charge in [-0.1, -0.05) is 12.1 Å². The van der Waals surface area contributed by atoms with Crippen LogP contribution in [0.15, 0.2) is 6.20 Å². The van der Waals surface area contributed by atoms with Gasteiger partial charge >= 0.3 is 0 Å². The van der Waals surface area contributed by atoms with E-state index in [4.69, 9.17) is 0 Å². The molecule has 1 aromatic heterocycles. The first-order valence-corrected chi connectivity index (χ1v) is 7.21. The summed E-state index contributed by atoms with van der Waals surface area (Å²) in [5, 5.41) is 11.6. The van der Waals surface area contributed by atoms with Crippen LogP contribution in [0.2, 0.25) is 0 Å². The zero-order chi connectivity index (χ0) is 13.7. The molecule has 6 heteroatoms. The molecule has 1 N–H and O–H groups in total. The molecule has 108 valence electrons. The summed E-state index contributed by atoms with van der Waals surface area (Å²) in [5.74, 6) is 0. The topological polar surface area (TPSA) is 49.2 Å². The Morgan fingerprint density at radius 3 is 2.95 bits per heavy atom. The van der Waals surface area contributed by atoms with E-state index >= 15 is 0 Å². The van der Waals surface area contributed by atoms with Gasteiger partial charge in [0.1, 0.15) is 0 Å². The average Bonchev–Trinajstić information content (AvgIpc) is 2.83. The maximum absolute atomic E-state index is 4.18. The molecule has 0 saturated carbocycles. The van der Waals surface area contributed by atoms with Crippen LogP contribution in [0.3, 0.4) is 0 Å². The highest BCUT2D eigenvalue weighted by atomic mass is 15.4. The highest BCUT2D eigenvalue weighted by Crippen LogP contribution is 2.07. The number of hydrogen-bond acceptors (Lipinski definition) is 5. The maximum Gasteiger partial charge on any atom is 0.0964 e. The number of rotatable bonds is 6. The first kappa shape index (κ1) is 14.4. The Kier molecular flexibility index (Phi) is 5.30. The minimum atomic E-state index is 0.628. The molecule has 2 heterocycles. The second-order valence-electron chi connectivity index (χ2n) is 5.40. The number of aromatic nitrogens is 3. The molecule has 1 aliphatic rings. The summed E-state index contributed by atoms with van der Waals surface area (Å²) in [6, 6.07) is 0.628. The SMILES string of the molecule is CCNCc1cn(CCN2CCN(C)CC2C)nn1. The van der Waals surface area contributed by atoms with Gasteiger partial charge in [-0.2, -0.15) is 0 Å². The molecule has 1 aliphatic heterocycles. The van der Waals surface area contributed by atoms with Crippen molar-refractivity contribution in [1.29, 1.82) is 0 Å². The summed E-state index contributed by atoms with van der Waals surface area (Å²) in [7, 11) is 2.19. The van der Waals surface area contributed by atoms with Gasteiger partial charge in [-0.05, 0) is 20.5 Å².